The number of esters is 1. The van der Waals surface area contributed by atoms with E-state index in [1.807, 2.05) is 13.0 Å². The molecule has 1 aromatic heterocycles. The molecule has 0 bridgehead atoms. The van der Waals surface area contributed by atoms with Crippen molar-refractivity contribution in [2.75, 3.05) is 57.0 Å². The second-order valence-electron chi connectivity index (χ2n) is 9.78. The number of fused-ring (bicyclic) bond motifs is 1. The maximum absolute atomic E-state index is 12.7. The summed E-state index contributed by atoms with van der Waals surface area (Å²) < 4.78 is 30.8. The number of nitrogens with one attached hydrogen (secondary N) is 1. The Bertz CT molecular complexity index is 1130. The number of piperidine rings is 1. The maximum atomic E-state index is 12.7. The predicted molar refractivity (Wildman–Crippen MR) is 127 cm³/mol. The third-order valence-corrected chi connectivity index (χ3v) is 8.87. The molecule has 180 valence electrons. The number of piperazine rings is 1. The number of hydrogen-bond donors (Lipinski definition) is 1. The van der Waals surface area contributed by atoms with Gasteiger partial charge in [0.1, 0.15) is 11.9 Å². The fourth-order valence-electron chi connectivity index (χ4n) is 5.59. The second-order valence-corrected chi connectivity index (χ2v) is 11.8. The summed E-state index contributed by atoms with van der Waals surface area (Å²) in [5, 5.41) is 0. The number of sulfonamides is 1. The topological polar surface area (TPSA) is 98.8 Å². The van der Waals surface area contributed by atoms with Crippen molar-refractivity contribution in [3.63, 3.8) is 0 Å². The van der Waals surface area contributed by atoms with Crippen LogP contribution < -0.4 is 4.90 Å². The van der Waals surface area contributed by atoms with Crippen molar-refractivity contribution in [2.24, 2.45) is 5.41 Å². The number of cyclic esters (lactones) is 1. The third kappa shape index (κ3) is 4.48. The lowest BCUT2D eigenvalue weighted by atomic mass is 9.76. The van der Waals surface area contributed by atoms with E-state index in [1.165, 1.54) is 16.2 Å². The standard InChI is InChI=1S/C23H33N5O4S/c1-17-24-19-4-3-5-20(21(19)25-17)27-14-12-26(13-15-27)9-6-18-16-23(22(29)32-18)7-10-28(11-8-23)33(2,30)31/h3-5,18H,6-16H2,1-2H3,(H,24,25). The number of anilines is 1. The van der Waals surface area contributed by atoms with Gasteiger partial charge in [-0.15, -0.1) is 0 Å². The Hall–Kier alpha value is -2.17. The molecule has 1 unspecified atom stereocenters. The first-order valence-corrected chi connectivity index (χ1v) is 13.7. The van der Waals surface area contributed by atoms with Gasteiger partial charge in [-0.05, 0) is 38.3 Å². The molecule has 5 rings (SSSR count). The third-order valence-electron chi connectivity index (χ3n) is 7.57. The van der Waals surface area contributed by atoms with Crippen LogP contribution in [0.1, 0.15) is 31.5 Å². The lowest BCUT2D eigenvalue weighted by Gasteiger charge is -2.36. The maximum Gasteiger partial charge on any atom is 0.312 e. The van der Waals surface area contributed by atoms with E-state index in [-0.39, 0.29) is 12.1 Å². The van der Waals surface area contributed by atoms with Crippen LogP contribution >= 0.6 is 0 Å². The van der Waals surface area contributed by atoms with Crippen molar-refractivity contribution in [3.8, 4) is 0 Å². The van der Waals surface area contributed by atoms with Crippen LogP contribution in [-0.2, 0) is 19.6 Å². The summed E-state index contributed by atoms with van der Waals surface area (Å²) in [7, 11) is -3.20. The first kappa shape index (κ1) is 22.6. The average Bonchev–Trinajstić information content (AvgIpc) is 3.31. The van der Waals surface area contributed by atoms with E-state index < -0.39 is 15.4 Å². The van der Waals surface area contributed by atoms with Crippen LogP contribution in [0, 0.1) is 12.3 Å². The number of ether oxygens (including phenoxy) is 1. The summed E-state index contributed by atoms with van der Waals surface area (Å²) in [6.07, 6.45) is 3.83. The summed E-state index contributed by atoms with van der Waals surface area (Å²) in [6, 6.07) is 6.26. The number of imidazole rings is 1. The van der Waals surface area contributed by atoms with Gasteiger partial charge in [0.2, 0.25) is 10.0 Å². The number of para-hydroxylation sites is 1. The van der Waals surface area contributed by atoms with E-state index in [9.17, 15) is 13.2 Å². The van der Waals surface area contributed by atoms with Crippen molar-refractivity contribution >= 4 is 32.7 Å². The molecule has 3 saturated heterocycles. The molecule has 1 atom stereocenters. The van der Waals surface area contributed by atoms with Gasteiger partial charge in [-0.25, -0.2) is 17.7 Å². The van der Waals surface area contributed by atoms with Crippen molar-refractivity contribution in [1.29, 1.82) is 0 Å². The monoisotopic (exact) mass is 475 g/mol. The lowest BCUT2D eigenvalue weighted by molar-refractivity contribution is -0.150. The smallest absolute Gasteiger partial charge is 0.312 e. The minimum Gasteiger partial charge on any atom is -0.462 e. The molecule has 0 amide bonds. The van der Waals surface area contributed by atoms with Gasteiger partial charge >= 0.3 is 5.97 Å². The van der Waals surface area contributed by atoms with E-state index in [4.69, 9.17) is 4.74 Å². The minimum absolute atomic E-state index is 0.0676. The van der Waals surface area contributed by atoms with Gasteiger partial charge < -0.3 is 14.6 Å². The highest BCUT2D eigenvalue weighted by Gasteiger charge is 2.51. The van der Waals surface area contributed by atoms with Gasteiger partial charge in [0.05, 0.1) is 28.4 Å². The molecule has 1 spiro atoms. The van der Waals surface area contributed by atoms with E-state index >= 15 is 0 Å². The van der Waals surface area contributed by atoms with E-state index in [1.54, 1.807) is 0 Å². The van der Waals surface area contributed by atoms with Gasteiger partial charge in [0, 0.05) is 52.2 Å². The van der Waals surface area contributed by atoms with Crippen LogP contribution in [0.5, 0.6) is 0 Å². The number of hydrogen-bond acceptors (Lipinski definition) is 7. The minimum atomic E-state index is -3.20. The number of carbonyl (C=O) groups excluding carboxylic acids is 1. The molecule has 2 aromatic rings. The van der Waals surface area contributed by atoms with E-state index in [2.05, 4.69) is 31.9 Å². The molecular formula is C23H33N5O4S. The Labute approximate surface area is 195 Å². The zero-order chi connectivity index (χ0) is 23.2. The summed E-state index contributed by atoms with van der Waals surface area (Å²) in [5.74, 6) is 0.801. The molecule has 0 saturated carbocycles. The molecule has 9 nitrogen and oxygen atoms in total. The number of aromatic amines is 1. The number of aromatic nitrogens is 2. The van der Waals surface area contributed by atoms with Gasteiger partial charge in [-0.1, -0.05) is 6.07 Å². The van der Waals surface area contributed by atoms with Crippen LogP contribution in [0.15, 0.2) is 18.2 Å². The number of carbonyl (C=O) groups is 1. The molecule has 0 aliphatic carbocycles. The predicted octanol–water partition coefficient (Wildman–Crippen LogP) is 1.74. The second kappa shape index (κ2) is 8.56. The molecule has 3 fully saturated rings. The molecule has 0 radical (unpaired) electrons. The number of benzene rings is 1. The summed E-state index contributed by atoms with van der Waals surface area (Å²) >= 11 is 0. The van der Waals surface area contributed by atoms with E-state index in [0.717, 1.165) is 56.0 Å². The number of aryl methyl sites for hydroxylation is 1. The van der Waals surface area contributed by atoms with Crippen LogP contribution in [0.4, 0.5) is 5.69 Å². The van der Waals surface area contributed by atoms with Gasteiger partial charge in [-0.3, -0.25) is 9.69 Å². The highest BCUT2D eigenvalue weighted by molar-refractivity contribution is 7.88. The van der Waals surface area contributed by atoms with Gasteiger partial charge in [0.25, 0.3) is 0 Å². The Kier molecular flexibility index (Phi) is 5.86. The SMILES string of the molecule is Cc1nc2cccc(N3CCN(CCC4CC5(CCN(S(C)(=O)=O)CC5)C(=O)O4)CC3)c2[nH]1. The van der Waals surface area contributed by atoms with Crippen LogP contribution in [-0.4, -0.2) is 91.7 Å². The van der Waals surface area contributed by atoms with Gasteiger partial charge in [-0.2, -0.15) is 0 Å². The Morgan fingerprint density at radius 2 is 1.88 bits per heavy atom. The van der Waals surface area contributed by atoms with Crippen LogP contribution in [0.3, 0.4) is 0 Å². The van der Waals surface area contributed by atoms with Crippen molar-refractivity contribution in [1.82, 2.24) is 19.2 Å². The summed E-state index contributed by atoms with van der Waals surface area (Å²) in [6.45, 7) is 7.55. The fourth-order valence-corrected chi connectivity index (χ4v) is 6.44. The zero-order valence-electron chi connectivity index (χ0n) is 19.4. The van der Waals surface area contributed by atoms with Crippen LogP contribution in [0.25, 0.3) is 11.0 Å². The largest absolute Gasteiger partial charge is 0.462 e. The summed E-state index contributed by atoms with van der Waals surface area (Å²) in [5.41, 5.74) is 2.82. The highest BCUT2D eigenvalue weighted by Crippen LogP contribution is 2.44. The molecule has 3 aliphatic rings. The molecule has 1 N–H and O–H groups in total. The Balaban J connectivity index is 1.12. The Morgan fingerprint density at radius 3 is 2.58 bits per heavy atom. The molecule has 4 heterocycles. The average molecular weight is 476 g/mol. The zero-order valence-corrected chi connectivity index (χ0v) is 20.2. The molecule has 33 heavy (non-hydrogen) atoms. The van der Waals surface area contributed by atoms with Gasteiger partial charge in [0.15, 0.2) is 0 Å². The number of nitrogens with zero attached hydrogens (tertiary/aromatic N) is 4. The molecule has 3 aliphatic heterocycles. The Morgan fingerprint density at radius 1 is 1.15 bits per heavy atom. The molecule has 10 heteroatoms. The molecule has 1 aromatic carbocycles. The van der Waals surface area contributed by atoms with Crippen molar-refractivity contribution in [3.05, 3.63) is 24.0 Å². The molecular weight excluding hydrogens is 442 g/mol. The first-order valence-electron chi connectivity index (χ1n) is 11.8. The quantitative estimate of drug-likeness (QED) is 0.658. The van der Waals surface area contributed by atoms with Crippen molar-refractivity contribution < 1.29 is 17.9 Å². The number of H-pyrrole nitrogens is 1. The normalized spacial score (nSPS) is 24.6. The van der Waals surface area contributed by atoms with E-state index in [0.29, 0.717) is 32.4 Å². The van der Waals surface area contributed by atoms with Crippen molar-refractivity contribution in [2.45, 2.75) is 38.7 Å². The summed E-state index contributed by atoms with van der Waals surface area (Å²) in [4.78, 5) is 25.5. The fraction of sp³-hybridized carbons (Fsp3) is 0.652. The highest BCUT2D eigenvalue weighted by atomic mass is 32.2. The lowest BCUT2D eigenvalue weighted by Crippen LogP contribution is -2.47. The van der Waals surface area contributed by atoms with Crippen LogP contribution in [0.2, 0.25) is 0 Å². The number of rotatable bonds is 5. The first-order chi connectivity index (χ1) is 15.7.